The van der Waals surface area contributed by atoms with Crippen LogP contribution >= 0.6 is 24.6 Å². The van der Waals surface area contributed by atoms with Gasteiger partial charge in [-0.05, 0) is 71.3 Å². The number of ether oxygens (including phenoxy) is 1. The molecule has 0 aliphatic carbocycles. The van der Waals surface area contributed by atoms with E-state index in [1.54, 1.807) is 30.3 Å². The van der Waals surface area contributed by atoms with Crippen molar-refractivity contribution >= 4 is 52.2 Å². The van der Waals surface area contributed by atoms with Crippen molar-refractivity contribution in [2.75, 3.05) is 13.2 Å². The largest absolute Gasteiger partial charge is 0.691 e. The number of likely N-dealkylation sites (tertiary alicyclic amines) is 1. The van der Waals surface area contributed by atoms with Crippen molar-refractivity contribution in [3.05, 3.63) is 83.9 Å². The average Bonchev–Trinajstić information content (AvgIpc) is 3.43. The second-order valence-corrected chi connectivity index (χ2v) is 9.77. The Labute approximate surface area is 238 Å². The molecule has 0 amide bonds. The van der Waals surface area contributed by atoms with Crippen LogP contribution in [0.15, 0.2) is 72.8 Å². The van der Waals surface area contributed by atoms with Crippen molar-refractivity contribution in [2.24, 2.45) is 0 Å². The quantitative estimate of drug-likeness (QED) is 0.0733. The first kappa shape index (κ1) is 28.4. The molecule has 1 aliphatic heterocycles. The molecule has 210 valence electrons. The van der Waals surface area contributed by atoms with Crippen molar-refractivity contribution in [3.63, 3.8) is 0 Å². The Bertz CT molecular complexity index is 1460. The van der Waals surface area contributed by atoms with E-state index >= 15 is 0 Å². The van der Waals surface area contributed by atoms with E-state index in [2.05, 4.69) is 23.6 Å². The van der Waals surface area contributed by atoms with Gasteiger partial charge in [0.1, 0.15) is 18.1 Å². The van der Waals surface area contributed by atoms with Gasteiger partial charge in [-0.3, -0.25) is 15.0 Å². The lowest BCUT2D eigenvalue weighted by atomic mass is 10.0. The predicted molar refractivity (Wildman–Crippen MR) is 142 cm³/mol. The molecule has 0 radical (unpaired) electrons. The third-order valence-electron chi connectivity index (χ3n) is 6.70. The van der Waals surface area contributed by atoms with Gasteiger partial charge in [0.15, 0.2) is 0 Å². The summed E-state index contributed by atoms with van der Waals surface area (Å²) in [7, 11) is 0. The van der Waals surface area contributed by atoms with Gasteiger partial charge in [-0.25, -0.2) is 4.79 Å². The summed E-state index contributed by atoms with van der Waals surface area (Å²) < 4.78 is 25.0. The molecule has 0 saturated carbocycles. The summed E-state index contributed by atoms with van der Waals surface area (Å²) in [6.45, 7) is 1.60. The molecule has 5 rings (SSSR count). The van der Waals surface area contributed by atoms with Gasteiger partial charge in [-0.15, -0.1) is 8.67 Å². The smallest absolute Gasteiger partial charge is 0.338 e. The number of esters is 1. The van der Waals surface area contributed by atoms with E-state index in [-0.39, 0.29) is 12.6 Å². The van der Waals surface area contributed by atoms with Crippen LogP contribution in [0.25, 0.3) is 21.5 Å². The summed E-state index contributed by atoms with van der Waals surface area (Å²) in [5, 5.41) is 30.3. The summed E-state index contributed by atoms with van der Waals surface area (Å²) in [5.74, 6) is 0.543. The van der Waals surface area contributed by atoms with Gasteiger partial charge in [-0.2, -0.15) is 0 Å². The van der Waals surface area contributed by atoms with Gasteiger partial charge >= 0.3 is 5.97 Å². The van der Waals surface area contributed by atoms with Crippen molar-refractivity contribution in [1.82, 2.24) is 4.90 Å². The lowest BCUT2D eigenvalue weighted by Gasteiger charge is -2.26. The zero-order valence-electron chi connectivity index (χ0n) is 20.9. The van der Waals surface area contributed by atoms with E-state index < -0.39 is 5.97 Å². The van der Waals surface area contributed by atoms with Crippen LogP contribution in [0.2, 0.25) is 0 Å². The highest BCUT2D eigenvalue weighted by Crippen LogP contribution is 2.34. The standard InChI is InChI=1S/C27H25NO10S2/c29-27(24-9-3-6-19-15-21(11-12-23(19)24)33-39-37-35-30)32-17-20-7-4-14-28(20)16-25-22-8-2-1-5-18(22)10-13-26(25)34-40-38-36-31/h1-3,5-6,8-13,15,20,30-31H,4,7,14,16-17H2/p-2/t20-/m0/s1. The Morgan fingerprint density at radius 3 is 2.52 bits per heavy atom. The van der Waals surface area contributed by atoms with Crippen molar-refractivity contribution in [3.8, 4) is 11.5 Å². The maximum Gasteiger partial charge on any atom is 0.338 e. The molecule has 40 heavy (non-hydrogen) atoms. The Kier molecular flexibility index (Phi) is 9.94. The Morgan fingerprint density at radius 2 is 1.68 bits per heavy atom. The SMILES string of the molecule is O=C(OC[C@@H]1CCCN1Cc1c(OSOO[O-])ccc2ccccc12)c1cccc2cc(OSOO[O-])ccc12. The molecule has 1 heterocycles. The molecule has 1 saturated heterocycles. The zero-order valence-corrected chi connectivity index (χ0v) is 22.5. The number of fused-ring (bicyclic) bond motifs is 2. The molecule has 4 aromatic carbocycles. The highest BCUT2D eigenvalue weighted by Gasteiger charge is 2.28. The lowest BCUT2D eigenvalue weighted by Crippen LogP contribution is -2.33. The van der Waals surface area contributed by atoms with Crippen LogP contribution in [0, 0.1) is 0 Å². The fourth-order valence-electron chi connectivity index (χ4n) is 4.92. The van der Waals surface area contributed by atoms with Crippen LogP contribution in [0.5, 0.6) is 11.5 Å². The molecule has 1 fully saturated rings. The molecule has 0 aromatic heterocycles. The zero-order chi connectivity index (χ0) is 27.7. The number of hydrogen-bond donors (Lipinski definition) is 0. The highest BCUT2D eigenvalue weighted by atomic mass is 32.2. The highest BCUT2D eigenvalue weighted by molar-refractivity contribution is 7.90. The van der Waals surface area contributed by atoms with Gasteiger partial charge < -0.3 is 23.6 Å². The summed E-state index contributed by atoms with van der Waals surface area (Å²) in [6.07, 6.45) is 1.83. The Balaban J connectivity index is 1.28. The van der Waals surface area contributed by atoms with Crippen LogP contribution in [0.1, 0.15) is 28.8 Å². The molecule has 1 atom stereocenters. The van der Waals surface area contributed by atoms with Gasteiger partial charge in [0.2, 0.25) is 0 Å². The van der Waals surface area contributed by atoms with E-state index in [9.17, 15) is 15.3 Å². The number of nitrogens with zero attached hydrogens (tertiary/aromatic N) is 1. The summed E-state index contributed by atoms with van der Waals surface area (Å²) >= 11 is 0.840. The fourth-order valence-corrected chi connectivity index (χ4v) is 5.43. The predicted octanol–water partition coefficient (Wildman–Crippen LogP) is 4.15. The minimum atomic E-state index is -0.427. The molecule has 0 unspecified atom stereocenters. The molecule has 0 spiro atoms. The third kappa shape index (κ3) is 6.78. The molecule has 1 aliphatic rings. The molecule has 13 heteroatoms. The van der Waals surface area contributed by atoms with E-state index in [1.807, 2.05) is 42.5 Å². The van der Waals surface area contributed by atoms with E-state index in [1.165, 1.54) is 0 Å². The van der Waals surface area contributed by atoms with Crippen LogP contribution in [0.3, 0.4) is 0 Å². The third-order valence-corrected chi connectivity index (χ3v) is 7.43. The van der Waals surface area contributed by atoms with Gasteiger partial charge in [0, 0.05) is 18.2 Å². The first-order valence-electron chi connectivity index (χ1n) is 12.2. The first-order chi connectivity index (χ1) is 19.7. The van der Waals surface area contributed by atoms with Crippen LogP contribution < -0.4 is 18.9 Å². The second-order valence-electron chi connectivity index (χ2n) is 8.89. The summed E-state index contributed by atoms with van der Waals surface area (Å²) in [6, 6.07) is 22.1. The maximum atomic E-state index is 13.1. The fraction of sp³-hybridized carbons (Fsp3) is 0.222. The van der Waals surface area contributed by atoms with E-state index in [0.29, 0.717) is 53.6 Å². The minimum absolute atomic E-state index is 0.0138. The molecular weight excluding hydrogens is 562 g/mol. The van der Waals surface area contributed by atoms with E-state index in [0.717, 1.165) is 41.1 Å². The number of rotatable bonds is 13. The average molecular weight is 586 g/mol. The lowest BCUT2D eigenvalue weighted by molar-refractivity contribution is -0.777. The van der Waals surface area contributed by atoms with Crippen molar-refractivity contribution in [2.45, 2.75) is 25.4 Å². The van der Waals surface area contributed by atoms with Crippen LogP contribution in [-0.2, 0) is 30.0 Å². The molecular formula is C27H23NO10S2-2. The van der Waals surface area contributed by atoms with E-state index in [4.69, 9.17) is 13.1 Å². The van der Waals surface area contributed by atoms with Crippen LogP contribution in [-0.4, -0.2) is 30.1 Å². The maximum absolute atomic E-state index is 13.1. The number of carbonyl (C=O) groups is 1. The molecule has 4 aromatic rings. The van der Waals surface area contributed by atoms with Gasteiger partial charge in [0.25, 0.3) is 24.6 Å². The summed E-state index contributed by atoms with van der Waals surface area (Å²) in [4.78, 5) is 15.4. The normalized spacial score (nSPS) is 15.5. The Hall–Kier alpha value is -3.11. The van der Waals surface area contributed by atoms with Crippen molar-refractivity contribution < 1.29 is 47.2 Å². The first-order valence-corrected chi connectivity index (χ1v) is 13.6. The molecule has 0 bridgehead atoms. The molecule has 11 nitrogen and oxygen atoms in total. The molecule has 0 N–H and O–H groups in total. The number of carbonyl (C=O) groups excluding carboxylic acids is 1. The summed E-state index contributed by atoms with van der Waals surface area (Å²) in [5.41, 5.74) is 1.36. The Morgan fingerprint density at radius 1 is 0.875 bits per heavy atom. The monoisotopic (exact) mass is 585 g/mol. The second kappa shape index (κ2) is 14.0. The van der Waals surface area contributed by atoms with Gasteiger partial charge in [0.05, 0.1) is 5.56 Å². The number of benzene rings is 4. The minimum Gasteiger partial charge on any atom is -0.691 e. The van der Waals surface area contributed by atoms with Crippen LogP contribution in [0.4, 0.5) is 0 Å². The van der Waals surface area contributed by atoms with Crippen molar-refractivity contribution in [1.29, 1.82) is 0 Å². The number of hydrogen-bond acceptors (Lipinski definition) is 13. The van der Waals surface area contributed by atoms with Gasteiger partial charge in [-0.1, -0.05) is 42.5 Å². The topological polar surface area (TPSA) is 131 Å².